The third-order valence-electron chi connectivity index (χ3n) is 2.60. The van der Waals surface area contributed by atoms with Crippen LogP contribution in [0.4, 0.5) is 0 Å². The van der Waals surface area contributed by atoms with Gasteiger partial charge in [0.2, 0.25) is 0 Å². The minimum atomic E-state index is -0.126. The lowest BCUT2D eigenvalue weighted by Crippen LogP contribution is -2.52. The molecule has 1 aliphatic carbocycles. The Kier molecular flexibility index (Phi) is 2.75. The van der Waals surface area contributed by atoms with Gasteiger partial charge in [0, 0.05) is 5.54 Å². The molecule has 0 saturated heterocycles. The lowest BCUT2D eigenvalue weighted by atomic mass is 9.75. The van der Waals surface area contributed by atoms with Gasteiger partial charge in [0.05, 0.1) is 0 Å². The molecule has 1 aliphatic rings. The van der Waals surface area contributed by atoms with Crippen LogP contribution in [0.5, 0.6) is 0 Å². The van der Waals surface area contributed by atoms with Gasteiger partial charge in [0.25, 0.3) is 5.91 Å². The van der Waals surface area contributed by atoms with Gasteiger partial charge in [0.15, 0.2) is 0 Å². The van der Waals surface area contributed by atoms with Crippen molar-refractivity contribution < 1.29 is 4.79 Å². The highest BCUT2D eigenvalue weighted by molar-refractivity contribution is 5.93. The standard InChI is InChI=1S/C10H15NO/c1-3-6-9(12)11-10(4-2)7-5-8-10/h4-5,7-8H2,1-2H3,(H,11,12). The van der Waals surface area contributed by atoms with Crippen molar-refractivity contribution in [1.29, 1.82) is 0 Å². The fraction of sp³-hybridized carbons (Fsp3) is 0.700. The first-order valence-corrected chi connectivity index (χ1v) is 4.47. The minimum Gasteiger partial charge on any atom is -0.340 e. The maximum atomic E-state index is 11.1. The van der Waals surface area contributed by atoms with E-state index in [4.69, 9.17) is 0 Å². The van der Waals surface area contributed by atoms with E-state index in [0.717, 1.165) is 19.3 Å². The van der Waals surface area contributed by atoms with Crippen LogP contribution in [-0.4, -0.2) is 11.4 Å². The van der Waals surface area contributed by atoms with Crippen molar-refractivity contribution in [2.75, 3.05) is 0 Å². The molecule has 1 saturated carbocycles. The average molecular weight is 165 g/mol. The highest BCUT2D eigenvalue weighted by atomic mass is 16.1. The van der Waals surface area contributed by atoms with Crippen molar-refractivity contribution in [3.05, 3.63) is 0 Å². The summed E-state index contributed by atoms with van der Waals surface area (Å²) in [5.74, 6) is 4.98. The van der Waals surface area contributed by atoms with Gasteiger partial charge in [-0.05, 0) is 38.5 Å². The molecule has 0 heterocycles. The lowest BCUT2D eigenvalue weighted by molar-refractivity contribution is -0.118. The van der Waals surface area contributed by atoms with Gasteiger partial charge in [-0.25, -0.2) is 0 Å². The van der Waals surface area contributed by atoms with E-state index < -0.39 is 0 Å². The van der Waals surface area contributed by atoms with Crippen molar-refractivity contribution >= 4 is 5.91 Å². The second kappa shape index (κ2) is 3.62. The van der Waals surface area contributed by atoms with Crippen LogP contribution in [0.25, 0.3) is 0 Å². The number of carbonyl (C=O) groups is 1. The van der Waals surface area contributed by atoms with E-state index in [-0.39, 0.29) is 11.4 Å². The van der Waals surface area contributed by atoms with Crippen LogP contribution in [0.1, 0.15) is 39.5 Å². The first-order valence-electron chi connectivity index (χ1n) is 4.47. The zero-order chi connectivity index (χ0) is 9.03. The molecule has 1 N–H and O–H groups in total. The van der Waals surface area contributed by atoms with Crippen LogP contribution in [0.2, 0.25) is 0 Å². The van der Waals surface area contributed by atoms with Gasteiger partial charge >= 0.3 is 0 Å². The van der Waals surface area contributed by atoms with Crippen molar-refractivity contribution in [1.82, 2.24) is 5.32 Å². The summed E-state index contributed by atoms with van der Waals surface area (Å²) in [7, 11) is 0. The number of rotatable bonds is 2. The number of amides is 1. The van der Waals surface area contributed by atoms with E-state index in [2.05, 4.69) is 24.1 Å². The minimum absolute atomic E-state index is 0.0843. The highest BCUT2D eigenvalue weighted by Gasteiger charge is 2.35. The molecule has 0 bridgehead atoms. The first-order chi connectivity index (χ1) is 5.72. The molecule has 0 aromatic carbocycles. The van der Waals surface area contributed by atoms with Crippen LogP contribution in [0, 0.1) is 11.8 Å². The second-order valence-corrected chi connectivity index (χ2v) is 3.32. The molecule has 0 atom stereocenters. The largest absolute Gasteiger partial charge is 0.340 e. The molecule has 12 heavy (non-hydrogen) atoms. The molecule has 1 rings (SSSR count). The van der Waals surface area contributed by atoms with Gasteiger partial charge in [-0.15, -0.1) is 0 Å². The smallest absolute Gasteiger partial charge is 0.296 e. The zero-order valence-electron chi connectivity index (χ0n) is 7.74. The third-order valence-corrected chi connectivity index (χ3v) is 2.60. The van der Waals surface area contributed by atoms with Crippen LogP contribution < -0.4 is 5.32 Å². The molecule has 0 radical (unpaired) electrons. The molecule has 1 amide bonds. The van der Waals surface area contributed by atoms with E-state index in [0.29, 0.717) is 0 Å². The molecular weight excluding hydrogens is 150 g/mol. The Morgan fingerprint density at radius 3 is 2.58 bits per heavy atom. The monoisotopic (exact) mass is 165 g/mol. The normalized spacial score (nSPS) is 18.5. The maximum absolute atomic E-state index is 11.1. The van der Waals surface area contributed by atoms with Crippen molar-refractivity contribution in [3.8, 4) is 11.8 Å². The third kappa shape index (κ3) is 1.79. The van der Waals surface area contributed by atoms with Crippen LogP contribution in [-0.2, 0) is 4.79 Å². The van der Waals surface area contributed by atoms with E-state index in [1.54, 1.807) is 6.92 Å². The molecule has 0 aromatic heterocycles. The van der Waals surface area contributed by atoms with E-state index in [9.17, 15) is 4.79 Å². The average Bonchev–Trinajstić information content (AvgIpc) is 1.97. The molecule has 1 fully saturated rings. The molecule has 0 unspecified atom stereocenters. The summed E-state index contributed by atoms with van der Waals surface area (Å²) in [5.41, 5.74) is 0.0843. The summed E-state index contributed by atoms with van der Waals surface area (Å²) in [4.78, 5) is 11.1. The highest BCUT2D eigenvalue weighted by Crippen LogP contribution is 2.34. The van der Waals surface area contributed by atoms with E-state index >= 15 is 0 Å². The molecule has 0 aromatic rings. The topological polar surface area (TPSA) is 29.1 Å². The summed E-state index contributed by atoms with van der Waals surface area (Å²) in [6.07, 6.45) is 4.47. The quantitative estimate of drug-likeness (QED) is 0.617. The van der Waals surface area contributed by atoms with Crippen LogP contribution in [0.3, 0.4) is 0 Å². The van der Waals surface area contributed by atoms with Gasteiger partial charge < -0.3 is 5.32 Å². The predicted molar refractivity (Wildman–Crippen MR) is 48.5 cm³/mol. The Morgan fingerprint density at radius 2 is 2.25 bits per heavy atom. The fourth-order valence-corrected chi connectivity index (χ4v) is 1.56. The predicted octanol–water partition coefficient (Wildman–Crippen LogP) is 1.46. The molecule has 66 valence electrons. The van der Waals surface area contributed by atoms with Gasteiger partial charge in [-0.1, -0.05) is 12.8 Å². The number of hydrogen-bond donors (Lipinski definition) is 1. The molecular formula is C10H15NO. The Balaban J connectivity index is 2.46. The summed E-state index contributed by atoms with van der Waals surface area (Å²) in [6.45, 7) is 3.79. The Morgan fingerprint density at radius 1 is 1.58 bits per heavy atom. The summed E-state index contributed by atoms with van der Waals surface area (Å²) >= 11 is 0. The molecule has 2 nitrogen and oxygen atoms in total. The summed E-state index contributed by atoms with van der Waals surface area (Å²) in [5, 5.41) is 2.97. The molecule has 2 heteroatoms. The maximum Gasteiger partial charge on any atom is 0.296 e. The molecule has 0 spiro atoms. The van der Waals surface area contributed by atoms with Gasteiger partial charge in [-0.3, -0.25) is 4.79 Å². The number of carbonyl (C=O) groups excluding carboxylic acids is 1. The van der Waals surface area contributed by atoms with Crippen molar-refractivity contribution in [2.45, 2.75) is 45.1 Å². The van der Waals surface area contributed by atoms with E-state index in [1.807, 2.05) is 0 Å². The van der Waals surface area contributed by atoms with E-state index in [1.165, 1.54) is 6.42 Å². The number of hydrogen-bond acceptors (Lipinski definition) is 1. The molecule has 0 aliphatic heterocycles. The summed E-state index contributed by atoms with van der Waals surface area (Å²) < 4.78 is 0. The Hall–Kier alpha value is -0.970. The second-order valence-electron chi connectivity index (χ2n) is 3.32. The lowest BCUT2D eigenvalue weighted by Gasteiger charge is -2.41. The van der Waals surface area contributed by atoms with Crippen molar-refractivity contribution in [2.24, 2.45) is 0 Å². The van der Waals surface area contributed by atoms with Gasteiger partial charge in [0.1, 0.15) is 0 Å². The van der Waals surface area contributed by atoms with Crippen LogP contribution >= 0.6 is 0 Å². The first kappa shape index (κ1) is 9.12. The zero-order valence-corrected chi connectivity index (χ0v) is 7.74. The SMILES string of the molecule is CC#CC(=O)NC1(CC)CCC1. The Labute approximate surface area is 73.7 Å². The van der Waals surface area contributed by atoms with Crippen LogP contribution in [0.15, 0.2) is 0 Å². The summed E-state index contributed by atoms with van der Waals surface area (Å²) in [6, 6.07) is 0. The van der Waals surface area contributed by atoms with Crippen molar-refractivity contribution in [3.63, 3.8) is 0 Å². The fourth-order valence-electron chi connectivity index (χ4n) is 1.56. The van der Waals surface area contributed by atoms with Gasteiger partial charge in [-0.2, -0.15) is 0 Å². The number of nitrogens with one attached hydrogen (secondary N) is 1. The Bertz CT molecular complexity index is 224.